The topological polar surface area (TPSA) is 41.6 Å². The lowest BCUT2D eigenvalue weighted by Gasteiger charge is -2.33. The number of hydrogen-bond acceptors (Lipinski definition) is 3. The van der Waals surface area contributed by atoms with Gasteiger partial charge in [-0.15, -0.1) is 0 Å². The van der Waals surface area contributed by atoms with E-state index in [4.69, 9.17) is 4.74 Å². The molecule has 1 heterocycles. The van der Waals surface area contributed by atoms with Crippen molar-refractivity contribution in [1.29, 1.82) is 0 Å². The van der Waals surface area contributed by atoms with Crippen LogP contribution in [0.15, 0.2) is 0 Å². The summed E-state index contributed by atoms with van der Waals surface area (Å²) in [5.41, 5.74) is 0. The zero-order valence-electron chi connectivity index (χ0n) is 12.2. The van der Waals surface area contributed by atoms with Crippen LogP contribution < -0.4 is 5.32 Å². The Morgan fingerprint density at radius 1 is 1.50 bits per heavy atom. The summed E-state index contributed by atoms with van der Waals surface area (Å²) in [6.45, 7) is 9.59. The summed E-state index contributed by atoms with van der Waals surface area (Å²) >= 11 is 0. The summed E-state index contributed by atoms with van der Waals surface area (Å²) in [5.74, 6) is 1.38. The van der Waals surface area contributed by atoms with Gasteiger partial charge in [-0.05, 0) is 31.2 Å². The molecule has 2 unspecified atom stereocenters. The Kier molecular flexibility index (Phi) is 6.65. The van der Waals surface area contributed by atoms with Crippen LogP contribution in [-0.4, -0.2) is 50.2 Å². The Hall–Kier alpha value is -0.610. The Balaban J connectivity index is 2.56. The van der Waals surface area contributed by atoms with Gasteiger partial charge in [-0.2, -0.15) is 0 Å². The SMILES string of the molecule is COCCN(CC(C)C)C(=O)C1CC(C)CCN1. The molecule has 0 saturated carbocycles. The first-order valence-corrected chi connectivity index (χ1v) is 7.05. The molecule has 0 radical (unpaired) electrons. The van der Waals surface area contributed by atoms with Crippen LogP contribution in [0.1, 0.15) is 33.6 Å². The van der Waals surface area contributed by atoms with Crippen molar-refractivity contribution in [3.8, 4) is 0 Å². The van der Waals surface area contributed by atoms with Gasteiger partial charge < -0.3 is 15.0 Å². The van der Waals surface area contributed by atoms with Crippen LogP contribution in [0, 0.1) is 11.8 Å². The second-order valence-corrected chi connectivity index (χ2v) is 5.81. The molecule has 0 aromatic rings. The second kappa shape index (κ2) is 7.74. The summed E-state index contributed by atoms with van der Waals surface area (Å²) in [5, 5.41) is 3.35. The highest BCUT2D eigenvalue weighted by Gasteiger charge is 2.28. The average molecular weight is 256 g/mol. The summed E-state index contributed by atoms with van der Waals surface area (Å²) in [6, 6.07) is 0.00403. The van der Waals surface area contributed by atoms with E-state index in [1.54, 1.807) is 7.11 Å². The molecule has 4 nitrogen and oxygen atoms in total. The van der Waals surface area contributed by atoms with Crippen molar-refractivity contribution in [3.05, 3.63) is 0 Å². The van der Waals surface area contributed by atoms with Gasteiger partial charge in [-0.25, -0.2) is 0 Å². The number of nitrogens with zero attached hydrogens (tertiary/aromatic N) is 1. The maximum absolute atomic E-state index is 12.5. The molecule has 0 aliphatic carbocycles. The summed E-state index contributed by atoms with van der Waals surface area (Å²) in [7, 11) is 1.68. The molecule has 18 heavy (non-hydrogen) atoms. The number of nitrogens with one attached hydrogen (secondary N) is 1. The van der Waals surface area contributed by atoms with E-state index in [2.05, 4.69) is 26.1 Å². The molecule has 1 aliphatic rings. The van der Waals surface area contributed by atoms with Gasteiger partial charge in [-0.3, -0.25) is 4.79 Å². The fourth-order valence-corrected chi connectivity index (χ4v) is 2.45. The smallest absolute Gasteiger partial charge is 0.239 e. The van der Waals surface area contributed by atoms with Crippen LogP contribution in [0.5, 0.6) is 0 Å². The number of piperidine rings is 1. The normalized spacial score (nSPS) is 24.3. The number of amides is 1. The summed E-state index contributed by atoms with van der Waals surface area (Å²) in [4.78, 5) is 14.4. The third kappa shape index (κ3) is 4.94. The molecule has 1 aliphatic heterocycles. The minimum atomic E-state index is 0.00403. The van der Waals surface area contributed by atoms with Crippen LogP contribution in [0.2, 0.25) is 0 Å². The molecule has 0 spiro atoms. The quantitative estimate of drug-likeness (QED) is 0.783. The molecule has 2 atom stereocenters. The number of rotatable bonds is 6. The molecule has 106 valence electrons. The van der Waals surface area contributed by atoms with Crippen molar-refractivity contribution in [2.45, 2.75) is 39.7 Å². The molecule has 1 rings (SSSR count). The predicted molar refractivity (Wildman–Crippen MR) is 73.5 cm³/mol. The van der Waals surface area contributed by atoms with Crippen molar-refractivity contribution in [1.82, 2.24) is 10.2 Å². The molecule has 0 aromatic carbocycles. The predicted octanol–water partition coefficient (Wildman–Crippen LogP) is 1.51. The van der Waals surface area contributed by atoms with Crippen LogP contribution in [0.25, 0.3) is 0 Å². The van der Waals surface area contributed by atoms with E-state index in [9.17, 15) is 4.79 Å². The van der Waals surface area contributed by atoms with Gasteiger partial charge in [0.15, 0.2) is 0 Å². The molecule has 1 saturated heterocycles. The molecule has 4 heteroatoms. The Morgan fingerprint density at radius 3 is 2.78 bits per heavy atom. The van der Waals surface area contributed by atoms with Gasteiger partial charge in [0.25, 0.3) is 0 Å². The van der Waals surface area contributed by atoms with E-state index in [0.717, 1.165) is 19.5 Å². The highest BCUT2D eigenvalue weighted by molar-refractivity contribution is 5.82. The van der Waals surface area contributed by atoms with Crippen LogP contribution in [0.4, 0.5) is 0 Å². The summed E-state index contributed by atoms with van der Waals surface area (Å²) in [6.07, 6.45) is 2.13. The van der Waals surface area contributed by atoms with Crippen molar-refractivity contribution in [2.75, 3.05) is 33.4 Å². The molecule has 1 N–H and O–H groups in total. The molecular formula is C14H28N2O2. The van der Waals surface area contributed by atoms with Gasteiger partial charge in [0.05, 0.1) is 12.6 Å². The first-order chi connectivity index (χ1) is 8.54. The molecular weight excluding hydrogens is 228 g/mol. The third-order valence-electron chi connectivity index (χ3n) is 3.43. The van der Waals surface area contributed by atoms with Gasteiger partial charge in [0.2, 0.25) is 5.91 Å². The third-order valence-corrected chi connectivity index (χ3v) is 3.43. The number of methoxy groups -OCH3 is 1. The number of carbonyl (C=O) groups is 1. The lowest BCUT2D eigenvalue weighted by molar-refractivity contribution is -0.135. The second-order valence-electron chi connectivity index (χ2n) is 5.81. The van der Waals surface area contributed by atoms with Crippen LogP contribution >= 0.6 is 0 Å². The van der Waals surface area contributed by atoms with E-state index < -0.39 is 0 Å². The monoisotopic (exact) mass is 256 g/mol. The number of carbonyl (C=O) groups excluding carboxylic acids is 1. The molecule has 1 fully saturated rings. The van der Waals surface area contributed by atoms with Gasteiger partial charge in [-0.1, -0.05) is 20.8 Å². The van der Waals surface area contributed by atoms with E-state index in [-0.39, 0.29) is 11.9 Å². The van der Waals surface area contributed by atoms with Crippen molar-refractivity contribution in [3.63, 3.8) is 0 Å². The van der Waals surface area contributed by atoms with Crippen molar-refractivity contribution < 1.29 is 9.53 Å². The Morgan fingerprint density at radius 2 is 2.22 bits per heavy atom. The van der Waals surface area contributed by atoms with E-state index in [1.165, 1.54) is 6.42 Å². The zero-order valence-corrected chi connectivity index (χ0v) is 12.2. The van der Waals surface area contributed by atoms with Crippen LogP contribution in [0.3, 0.4) is 0 Å². The number of ether oxygens (including phenoxy) is 1. The number of hydrogen-bond donors (Lipinski definition) is 1. The maximum Gasteiger partial charge on any atom is 0.239 e. The van der Waals surface area contributed by atoms with Gasteiger partial charge in [0.1, 0.15) is 0 Å². The summed E-state index contributed by atoms with van der Waals surface area (Å²) < 4.78 is 5.10. The van der Waals surface area contributed by atoms with Gasteiger partial charge >= 0.3 is 0 Å². The van der Waals surface area contributed by atoms with E-state index in [1.807, 2.05) is 4.90 Å². The molecule has 0 aromatic heterocycles. The first-order valence-electron chi connectivity index (χ1n) is 7.05. The fourth-order valence-electron chi connectivity index (χ4n) is 2.45. The fraction of sp³-hybridized carbons (Fsp3) is 0.929. The largest absolute Gasteiger partial charge is 0.383 e. The lowest BCUT2D eigenvalue weighted by Crippen LogP contribution is -2.51. The van der Waals surface area contributed by atoms with Gasteiger partial charge in [0, 0.05) is 20.2 Å². The van der Waals surface area contributed by atoms with Crippen molar-refractivity contribution in [2.24, 2.45) is 11.8 Å². The average Bonchev–Trinajstić information content (AvgIpc) is 2.33. The Labute approximate surface area is 111 Å². The van der Waals surface area contributed by atoms with E-state index in [0.29, 0.717) is 25.0 Å². The highest BCUT2D eigenvalue weighted by Crippen LogP contribution is 2.17. The van der Waals surface area contributed by atoms with Crippen molar-refractivity contribution >= 4 is 5.91 Å². The van der Waals surface area contributed by atoms with E-state index >= 15 is 0 Å². The zero-order chi connectivity index (χ0) is 13.5. The van der Waals surface area contributed by atoms with Crippen LogP contribution in [-0.2, 0) is 9.53 Å². The highest BCUT2D eigenvalue weighted by atomic mass is 16.5. The Bertz CT molecular complexity index is 256. The molecule has 0 bridgehead atoms. The minimum absolute atomic E-state index is 0.00403. The molecule has 1 amide bonds. The lowest BCUT2D eigenvalue weighted by atomic mass is 9.93. The maximum atomic E-state index is 12.5. The minimum Gasteiger partial charge on any atom is -0.383 e. The first kappa shape index (κ1) is 15.4. The standard InChI is InChI=1S/C14H28N2O2/c1-11(2)10-16(7-8-18-4)14(17)13-9-12(3)5-6-15-13/h11-13,15H,5-10H2,1-4H3.